The zero-order valence-electron chi connectivity index (χ0n) is 15.4. The first-order valence-corrected chi connectivity index (χ1v) is 9.52. The number of rotatable bonds is 4. The lowest BCUT2D eigenvalue weighted by atomic mass is 9.95. The molecule has 138 valence electrons. The fraction of sp³-hybridized carbons (Fsp3) is 0.318. The average molecular weight is 361 g/mol. The third-order valence-corrected chi connectivity index (χ3v) is 5.15. The molecule has 3 aromatic rings. The monoisotopic (exact) mass is 361 g/mol. The molecule has 1 aliphatic rings. The van der Waals surface area contributed by atoms with Crippen LogP contribution >= 0.6 is 0 Å². The van der Waals surface area contributed by atoms with Gasteiger partial charge in [-0.05, 0) is 37.5 Å². The average Bonchev–Trinajstić information content (AvgIpc) is 3.19. The van der Waals surface area contributed by atoms with Gasteiger partial charge in [0.25, 0.3) is 11.8 Å². The third kappa shape index (κ3) is 3.77. The molecule has 0 saturated heterocycles. The van der Waals surface area contributed by atoms with E-state index in [1.165, 1.54) is 19.3 Å². The summed E-state index contributed by atoms with van der Waals surface area (Å²) in [6.07, 6.45) is 5.70. The van der Waals surface area contributed by atoms with Crippen molar-refractivity contribution in [2.45, 2.75) is 45.1 Å². The van der Waals surface area contributed by atoms with E-state index in [0.717, 1.165) is 24.0 Å². The third-order valence-electron chi connectivity index (χ3n) is 5.15. The predicted octanol–water partition coefficient (Wildman–Crippen LogP) is 4.77. The van der Waals surface area contributed by atoms with Gasteiger partial charge in [0.15, 0.2) is 0 Å². The highest BCUT2D eigenvalue weighted by Gasteiger charge is 2.21. The van der Waals surface area contributed by atoms with Crippen LogP contribution in [-0.2, 0) is 0 Å². The molecular formula is C22H23N3O2. The highest BCUT2D eigenvalue weighted by molar-refractivity contribution is 6.00. The van der Waals surface area contributed by atoms with Gasteiger partial charge in [0.05, 0.1) is 11.1 Å². The van der Waals surface area contributed by atoms with E-state index in [9.17, 15) is 4.79 Å². The highest BCUT2D eigenvalue weighted by Crippen LogP contribution is 2.27. The summed E-state index contributed by atoms with van der Waals surface area (Å²) in [6, 6.07) is 15.6. The van der Waals surface area contributed by atoms with Crippen LogP contribution in [0.3, 0.4) is 0 Å². The summed E-state index contributed by atoms with van der Waals surface area (Å²) >= 11 is 0. The minimum atomic E-state index is -0.0758. The Kier molecular flexibility index (Phi) is 5.01. The van der Waals surface area contributed by atoms with Gasteiger partial charge in [0, 0.05) is 11.6 Å². The van der Waals surface area contributed by atoms with Gasteiger partial charge < -0.3 is 9.84 Å². The molecule has 0 atom stereocenters. The molecule has 0 aliphatic heterocycles. The number of benzene rings is 2. The van der Waals surface area contributed by atoms with E-state index in [-0.39, 0.29) is 11.9 Å². The maximum atomic E-state index is 12.8. The van der Waals surface area contributed by atoms with Crippen LogP contribution < -0.4 is 5.32 Å². The Morgan fingerprint density at radius 1 is 1.00 bits per heavy atom. The van der Waals surface area contributed by atoms with Crippen molar-refractivity contribution in [2.24, 2.45) is 0 Å². The maximum absolute atomic E-state index is 12.8. The Balaban J connectivity index is 1.61. The van der Waals surface area contributed by atoms with Crippen LogP contribution in [0.15, 0.2) is 53.1 Å². The standard InChI is InChI=1S/C22H23N3O2/c1-15-9-5-6-12-17(15)20-24-22(27-25-20)19-14-8-7-13-18(19)21(26)23-16-10-3-2-4-11-16/h5-9,12-14,16H,2-4,10-11H2,1H3,(H,23,26). The lowest BCUT2D eigenvalue weighted by molar-refractivity contribution is 0.0928. The van der Waals surface area contributed by atoms with E-state index in [2.05, 4.69) is 15.5 Å². The SMILES string of the molecule is Cc1ccccc1-c1noc(-c2ccccc2C(=O)NC2CCCCC2)n1. The number of aryl methyl sites for hydroxylation is 1. The van der Waals surface area contributed by atoms with Crippen LogP contribution in [0.5, 0.6) is 0 Å². The molecular weight excluding hydrogens is 338 g/mol. The van der Waals surface area contributed by atoms with Gasteiger partial charge in [-0.25, -0.2) is 0 Å². The van der Waals surface area contributed by atoms with E-state index in [1.54, 1.807) is 0 Å². The Morgan fingerprint density at radius 3 is 2.48 bits per heavy atom. The number of carbonyl (C=O) groups is 1. The molecule has 5 nitrogen and oxygen atoms in total. The van der Waals surface area contributed by atoms with Crippen molar-refractivity contribution in [2.75, 3.05) is 0 Å². The quantitative estimate of drug-likeness (QED) is 0.726. The van der Waals surface area contributed by atoms with Gasteiger partial charge in [-0.2, -0.15) is 4.98 Å². The summed E-state index contributed by atoms with van der Waals surface area (Å²) in [6.45, 7) is 2.01. The van der Waals surface area contributed by atoms with Crippen LogP contribution in [-0.4, -0.2) is 22.1 Å². The number of nitrogens with one attached hydrogen (secondary N) is 1. The Morgan fingerprint density at radius 2 is 1.70 bits per heavy atom. The first-order valence-electron chi connectivity index (χ1n) is 9.52. The molecule has 1 aliphatic carbocycles. The Bertz CT molecular complexity index is 942. The molecule has 1 saturated carbocycles. The molecule has 0 spiro atoms. The number of carbonyl (C=O) groups excluding carboxylic acids is 1. The summed E-state index contributed by atoms with van der Waals surface area (Å²) < 4.78 is 5.50. The smallest absolute Gasteiger partial charge is 0.259 e. The molecule has 0 bridgehead atoms. The molecule has 0 radical (unpaired) electrons. The van der Waals surface area contributed by atoms with E-state index < -0.39 is 0 Å². The number of aromatic nitrogens is 2. The molecule has 1 heterocycles. The van der Waals surface area contributed by atoms with Crippen LogP contribution in [0.2, 0.25) is 0 Å². The van der Waals surface area contributed by atoms with Crippen LogP contribution in [0.4, 0.5) is 0 Å². The summed E-state index contributed by atoms with van der Waals surface area (Å²) in [5.74, 6) is 0.821. The summed E-state index contributed by atoms with van der Waals surface area (Å²) in [5, 5.41) is 7.29. The fourth-order valence-corrected chi connectivity index (χ4v) is 3.64. The molecule has 4 rings (SSSR count). The van der Waals surface area contributed by atoms with Crippen molar-refractivity contribution >= 4 is 5.91 Å². The van der Waals surface area contributed by atoms with Gasteiger partial charge in [0.1, 0.15) is 0 Å². The Labute approximate surface area is 158 Å². The second-order valence-electron chi connectivity index (χ2n) is 7.09. The number of nitrogens with zero attached hydrogens (tertiary/aromatic N) is 2. The van der Waals surface area contributed by atoms with E-state index in [1.807, 2.05) is 55.5 Å². The molecule has 1 amide bonds. The second kappa shape index (κ2) is 7.74. The largest absolute Gasteiger partial charge is 0.349 e. The normalized spacial score (nSPS) is 14.9. The summed E-state index contributed by atoms with van der Waals surface area (Å²) in [4.78, 5) is 17.4. The van der Waals surface area contributed by atoms with Crippen molar-refractivity contribution in [3.63, 3.8) is 0 Å². The van der Waals surface area contributed by atoms with Crippen molar-refractivity contribution in [1.82, 2.24) is 15.5 Å². The molecule has 2 aromatic carbocycles. The number of hydrogen-bond acceptors (Lipinski definition) is 4. The first-order chi connectivity index (χ1) is 13.2. The van der Waals surface area contributed by atoms with Crippen LogP contribution in [0.1, 0.15) is 48.0 Å². The van der Waals surface area contributed by atoms with Gasteiger partial charge >= 0.3 is 0 Å². The summed E-state index contributed by atoms with van der Waals surface area (Å²) in [7, 11) is 0. The van der Waals surface area contributed by atoms with Crippen molar-refractivity contribution in [3.05, 3.63) is 59.7 Å². The molecule has 1 aromatic heterocycles. The zero-order chi connectivity index (χ0) is 18.6. The van der Waals surface area contributed by atoms with Gasteiger partial charge in [-0.15, -0.1) is 0 Å². The van der Waals surface area contributed by atoms with Gasteiger partial charge in [-0.3, -0.25) is 4.79 Å². The fourth-order valence-electron chi connectivity index (χ4n) is 3.64. The van der Waals surface area contributed by atoms with E-state index >= 15 is 0 Å². The Hall–Kier alpha value is -2.95. The van der Waals surface area contributed by atoms with Crippen molar-refractivity contribution in [3.8, 4) is 22.8 Å². The minimum absolute atomic E-state index is 0.0758. The zero-order valence-corrected chi connectivity index (χ0v) is 15.4. The van der Waals surface area contributed by atoms with Gasteiger partial charge in [0.2, 0.25) is 5.82 Å². The topological polar surface area (TPSA) is 68.0 Å². The molecule has 27 heavy (non-hydrogen) atoms. The highest BCUT2D eigenvalue weighted by atomic mass is 16.5. The summed E-state index contributed by atoms with van der Waals surface area (Å²) in [5.41, 5.74) is 3.24. The molecule has 0 unspecified atom stereocenters. The number of amides is 1. The van der Waals surface area contributed by atoms with Crippen molar-refractivity contribution in [1.29, 1.82) is 0 Å². The van der Waals surface area contributed by atoms with Gasteiger partial charge in [-0.1, -0.05) is 60.8 Å². The lowest BCUT2D eigenvalue weighted by Crippen LogP contribution is -2.36. The predicted molar refractivity (Wildman–Crippen MR) is 104 cm³/mol. The minimum Gasteiger partial charge on any atom is -0.349 e. The van der Waals surface area contributed by atoms with E-state index in [0.29, 0.717) is 22.8 Å². The first kappa shape index (κ1) is 17.5. The van der Waals surface area contributed by atoms with Crippen molar-refractivity contribution < 1.29 is 9.32 Å². The van der Waals surface area contributed by atoms with Crippen LogP contribution in [0, 0.1) is 6.92 Å². The maximum Gasteiger partial charge on any atom is 0.259 e. The van der Waals surface area contributed by atoms with Crippen LogP contribution in [0.25, 0.3) is 22.8 Å². The molecule has 1 fully saturated rings. The second-order valence-corrected chi connectivity index (χ2v) is 7.09. The lowest BCUT2D eigenvalue weighted by Gasteiger charge is -2.23. The number of hydrogen-bond donors (Lipinski definition) is 1. The molecule has 1 N–H and O–H groups in total. The molecule has 5 heteroatoms. The van der Waals surface area contributed by atoms with E-state index in [4.69, 9.17) is 4.52 Å².